The smallest absolute Gasteiger partial charge is 0.128 e. The van der Waals surface area contributed by atoms with Crippen LogP contribution in [0.3, 0.4) is 0 Å². The molecule has 0 bridgehead atoms. The number of aromatic nitrogens is 1. The Morgan fingerprint density at radius 3 is 2.76 bits per heavy atom. The van der Waals surface area contributed by atoms with Gasteiger partial charge in [-0.25, -0.2) is 4.98 Å². The summed E-state index contributed by atoms with van der Waals surface area (Å²) < 4.78 is 5.67. The van der Waals surface area contributed by atoms with Crippen LogP contribution < -0.4 is 4.90 Å². The van der Waals surface area contributed by atoms with E-state index < -0.39 is 6.10 Å². The molecule has 0 amide bonds. The van der Waals surface area contributed by atoms with Crippen molar-refractivity contribution >= 4 is 5.82 Å². The van der Waals surface area contributed by atoms with E-state index in [1.54, 1.807) is 13.1 Å². The van der Waals surface area contributed by atoms with E-state index in [1.165, 1.54) is 0 Å². The lowest BCUT2D eigenvalue weighted by Crippen LogP contribution is -2.48. The van der Waals surface area contributed by atoms with Gasteiger partial charge in [-0.05, 0) is 32.4 Å². The minimum atomic E-state index is -0.460. The highest BCUT2D eigenvalue weighted by atomic mass is 16.5. The maximum absolute atomic E-state index is 9.43. The number of hydrogen-bond acceptors (Lipinski definition) is 4. The summed E-state index contributed by atoms with van der Waals surface area (Å²) in [7, 11) is 0. The third-order valence-corrected chi connectivity index (χ3v) is 3.00. The van der Waals surface area contributed by atoms with Crippen LogP contribution in [0.5, 0.6) is 0 Å². The van der Waals surface area contributed by atoms with Crippen molar-refractivity contribution in [1.82, 2.24) is 4.98 Å². The molecule has 1 N–H and O–H groups in total. The Morgan fingerprint density at radius 1 is 1.47 bits per heavy atom. The highest BCUT2D eigenvalue weighted by Gasteiger charge is 2.27. The topological polar surface area (TPSA) is 45.6 Å². The predicted octanol–water partition coefficient (Wildman–Crippen LogP) is 1.75. The maximum atomic E-state index is 9.43. The molecule has 1 aliphatic heterocycles. The second-order valence-corrected chi connectivity index (χ2v) is 5.16. The van der Waals surface area contributed by atoms with Crippen molar-refractivity contribution in [3.8, 4) is 0 Å². The van der Waals surface area contributed by atoms with Crippen LogP contribution in [0.4, 0.5) is 5.82 Å². The quantitative estimate of drug-likeness (QED) is 0.849. The molecule has 0 aromatic carbocycles. The number of nitrogens with zero attached hydrogens (tertiary/aromatic N) is 2. The minimum absolute atomic E-state index is 0.122. The summed E-state index contributed by atoms with van der Waals surface area (Å²) in [6.07, 6.45) is 1.28. The Hall–Kier alpha value is -1.13. The second-order valence-electron chi connectivity index (χ2n) is 5.16. The molecule has 0 aliphatic carbocycles. The lowest BCUT2D eigenvalue weighted by molar-refractivity contribution is -0.0279. The van der Waals surface area contributed by atoms with Crippen LogP contribution in [0.1, 0.15) is 32.4 Å². The zero-order chi connectivity index (χ0) is 12.5. The van der Waals surface area contributed by atoms with E-state index in [1.807, 2.05) is 12.1 Å². The first-order valence-corrected chi connectivity index (χ1v) is 6.01. The first kappa shape index (κ1) is 12.3. The zero-order valence-corrected chi connectivity index (χ0v) is 10.7. The van der Waals surface area contributed by atoms with Crippen molar-refractivity contribution < 1.29 is 9.84 Å². The Morgan fingerprint density at radius 2 is 2.24 bits per heavy atom. The number of rotatable bonds is 2. The van der Waals surface area contributed by atoms with E-state index in [0.29, 0.717) is 0 Å². The minimum Gasteiger partial charge on any atom is -0.389 e. The molecular weight excluding hydrogens is 216 g/mol. The predicted molar refractivity (Wildman–Crippen MR) is 67.1 cm³/mol. The average Bonchev–Trinajstić information content (AvgIpc) is 2.28. The van der Waals surface area contributed by atoms with Crippen molar-refractivity contribution in [2.24, 2.45) is 0 Å². The van der Waals surface area contributed by atoms with Gasteiger partial charge in [0.2, 0.25) is 0 Å². The normalized spacial score (nSPS) is 21.3. The Kier molecular flexibility index (Phi) is 3.35. The molecule has 94 valence electrons. The fourth-order valence-corrected chi connectivity index (χ4v) is 2.04. The van der Waals surface area contributed by atoms with Gasteiger partial charge in [-0.2, -0.15) is 0 Å². The van der Waals surface area contributed by atoms with Gasteiger partial charge in [-0.15, -0.1) is 0 Å². The molecule has 0 unspecified atom stereocenters. The van der Waals surface area contributed by atoms with Gasteiger partial charge in [0.15, 0.2) is 0 Å². The van der Waals surface area contributed by atoms with Crippen LogP contribution in [0.15, 0.2) is 18.3 Å². The number of hydrogen-bond donors (Lipinski definition) is 1. The van der Waals surface area contributed by atoms with Crippen LogP contribution >= 0.6 is 0 Å². The monoisotopic (exact) mass is 236 g/mol. The second kappa shape index (κ2) is 4.63. The average molecular weight is 236 g/mol. The highest BCUT2D eigenvalue weighted by molar-refractivity contribution is 5.40. The molecule has 0 radical (unpaired) electrons. The molecule has 4 heteroatoms. The van der Waals surface area contributed by atoms with Crippen LogP contribution in [0.2, 0.25) is 0 Å². The number of morpholine rings is 1. The molecule has 1 fully saturated rings. The Labute approximate surface area is 102 Å². The molecule has 17 heavy (non-hydrogen) atoms. The van der Waals surface area contributed by atoms with Gasteiger partial charge >= 0.3 is 0 Å². The van der Waals surface area contributed by atoms with Crippen LogP contribution in [-0.4, -0.2) is 35.4 Å². The van der Waals surface area contributed by atoms with Crippen LogP contribution in [0, 0.1) is 0 Å². The Bertz CT molecular complexity index is 374. The molecule has 2 heterocycles. The largest absolute Gasteiger partial charge is 0.389 e. The van der Waals surface area contributed by atoms with E-state index in [9.17, 15) is 5.11 Å². The van der Waals surface area contributed by atoms with Gasteiger partial charge in [0.05, 0.1) is 18.3 Å². The summed E-state index contributed by atoms with van der Waals surface area (Å²) in [5, 5.41) is 9.43. The maximum Gasteiger partial charge on any atom is 0.128 e. The van der Waals surface area contributed by atoms with Gasteiger partial charge in [0.1, 0.15) is 5.82 Å². The number of pyridine rings is 1. The molecule has 1 aromatic rings. The van der Waals surface area contributed by atoms with E-state index in [-0.39, 0.29) is 5.60 Å². The van der Waals surface area contributed by atoms with Crippen LogP contribution in [-0.2, 0) is 4.74 Å². The van der Waals surface area contributed by atoms with Gasteiger partial charge in [-0.3, -0.25) is 0 Å². The van der Waals surface area contributed by atoms with Crippen molar-refractivity contribution in [1.29, 1.82) is 0 Å². The number of aliphatic hydroxyl groups is 1. The fraction of sp³-hybridized carbons (Fsp3) is 0.615. The van der Waals surface area contributed by atoms with Crippen molar-refractivity contribution in [2.45, 2.75) is 32.5 Å². The van der Waals surface area contributed by atoms with Crippen molar-refractivity contribution in [2.75, 3.05) is 24.6 Å². The zero-order valence-electron chi connectivity index (χ0n) is 10.7. The van der Waals surface area contributed by atoms with Gasteiger partial charge in [0, 0.05) is 19.3 Å². The van der Waals surface area contributed by atoms with Crippen molar-refractivity contribution in [3.63, 3.8) is 0 Å². The third-order valence-electron chi connectivity index (χ3n) is 3.00. The number of ether oxygens (including phenoxy) is 1. The molecule has 0 spiro atoms. The summed E-state index contributed by atoms with van der Waals surface area (Å²) in [5.41, 5.74) is 0.726. The summed E-state index contributed by atoms with van der Waals surface area (Å²) in [6.45, 7) is 8.35. The molecule has 1 aromatic heterocycles. The molecule has 4 nitrogen and oxygen atoms in total. The molecule has 1 aliphatic rings. The van der Waals surface area contributed by atoms with Crippen LogP contribution in [0.25, 0.3) is 0 Å². The van der Waals surface area contributed by atoms with Crippen molar-refractivity contribution in [3.05, 3.63) is 23.9 Å². The summed E-state index contributed by atoms with van der Waals surface area (Å²) in [6, 6.07) is 3.89. The standard InChI is InChI=1S/C13H20N2O2/c1-10(16)11-4-5-12(14-8-11)15-6-7-17-13(2,3)9-15/h4-5,8,10,16H,6-7,9H2,1-3H3/t10-/m0/s1. The molecule has 1 atom stereocenters. The molecule has 0 saturated carbocycles. The van der Waals surface area contributed by atoms with Gasteiger partial charge in [0.25, 0.3) is 0 Å². The van der Waals surface area contributed by atoms with E-state index in [2.05, 4.69) is 23.7 Å². The first-order valence-electron chi connectivity index (χ1n) is 6.01. The fourth-order valence-electron chi connectivity index (χ4n) is 2.04. The van der Waals surface area contributed by atoms with Gasteiger partial charge in [-0.1, -0.05) is 6.07 Å². The summed E-state index contributed by atoms with van der Waals surface area (Å²) >= 11 is 0. The highest BCUT2D eigenvalue weighted by Crippen LogP contribution is 2.22. The SMILES string of the molecule is C[C@H](O)c1ccc(N2CCOC(C)(C)C2)nc1. The van der Waals surface area contributed by atoms with E-state index in [4.69, 9.17) is 4.74 Å². The van der Waals surface area contributed by atoms with E-state index in [0.717, 1.165) is 31.1 Å². The number of anilines is 1. The molecule has 2 rings (SSSR count). The first-order chi connectivity index (χ1) is 7.98. The summed E-state index contributed by atoms with van der Waals surface area (Å²) in [4.78, 5) is 6.62. The van der Waals surface area contributed by atoms with E-state index >= 15 is 0 Å². The lowest BCUT2D eigenvalue weighted by atomic mass is 10.1. The Balaban J connectivity index is 2.12. The summed E-state index contributed by atoms with van der Waals surface area (Å²) in [5.74, 6) is 0.950. The van der Waals surface area contributed by atoms with Gasteiger partial charge < -0.3 is 14.7 Å². The molecule has 1 saturated heterocycles. The third kappa shape index (κ3) is 2.96. The lowest BCUT2D eigenvalue weighted by Gasteiger charge is -2.38. The molecular formula is C13H20N2O2. The number of aliphatic hydroxyl groups excluding tert-OH is 1.